The number of nitrogens with one attached hydrogen (secondary N) is 1. The molecule has 0 aliphatic carbocycles. The number of carboxylic acids is 1. The lowest BCUT2D eigenvalue weighted by Crippen LogP contribution is -3.14. The predicted molar refractivity (Wildman–Crippen MR) is 47.7 cm³/mol. The Morgan fingerprint density at radius 3 is 2.54 bits per heavy atom. The largest absolute Gasteiger partial charge is 0.550 e. The van der Waals surface area contributed by atoms with Crippen LogP contribution in [0.5, 0.6) is 0 Å². The van der Waals surface area contributed by atoms with E-state index >= 15 is 0 Å². The van der Waals surface area contributed by atoms with Gasteiger partial charge >= 0.3 is 0 Å². The van der Waals surface area contributed by atoms with Crippen molar-refractivity contribution in [2.75, 3.05) is 31.1 Å². The maximum atomic E-state index is 11.0. The fourth-order valence-electron chi connectivity index (χ4n) is 1.48. The van der Waals surface area contributed by atoms with E-state index in [4.69, 9.17) is 0 Å². The molecule has 76 valence electrons. The van der Waals surface area contributed by atoms with Gasteiger partial charge in [-0.05, 0) is 6.42 Å². The van der Waals surface area contributed by atoms with Crippen LogP contribution in [0, 0.1) is 0 Å². The van der Waals surface area contributed by atoms with Gasteiger partial charge in [-0.25, -0.2) is 0 Å². The van der Waals surface area contributed by atoms with Gasteiger partial charge in [0.15, 0.2) is 0 Å². The number of hydrogen-bond acceptors (Lipinski definition) is 3. The zero-order valence-electron chi connectivity index (χ0n) is 7.58. The van der Waals surface area contributed by atoms with E-state index in [1.165, 1.54) is 4.90 Å². The first-order valence-electron chi connectivity index (χ1n) is 4.57. The zero-order chi connectivity index (χ0) is 9.68. The smallest absolute Gasteiger partial charge is 0.0888 e. The molecule has 0 amide bonds. The van der Waals surface area contributed by atoms with Gasteiger partial charge in [-0.3, -0.25) is 4.21 Å². The van der Waals surface area contributed by atoms with Gasteiger partial charge in [0.1, 0.15) is 0 Å². The molecule has 0 radical (unpaired) electrons. The molecular formula is C8H15NO3S. The molecule has 0 bridgehead atoms. The highest BCUT2D eigenvalue weighted by Crippen LogP contribution is 1.85. The summed E-state index contributed by atoms with van der Waals surface area (Å²) in [5, 5.41) is 10.1. The summed E-state index contributed by atoms with van der Waals surface area (Å²) < 4.78 is 11.0. The van der Waals surface area contributed by atoms with Crippen LogP contribution in [0.25, 0.3) is 0 Å². The molecule has 5 heteroatoms. The van der Waals surface area contributed by atoms with Crippen LogP contribution in [0.2, 0.25) is 0 Å². The Morgan fingerprint density at radius 1 is 1.38 bits per heavy atom. The van der Waals surface area contributed by atoms with Crippen molar-refractivity contribution in [1.82, 2.24) is 0 Å². The Morgan fingerprint density at radius 2 is 2.00 bits per heavy atom. The third-order valence-corrected chi connectivity index (χ3v) is 3.60. The Balaban J connectivity index is 2.09. The van der Waals surface area contributed by atoms with Crippen molar-refractivity contribution in [3.8, 4) is 0 Å². The summed E-state index contributed by atoms with van der Waals surface area (Å²) >= 11 is 0. The molecule has 0 aromatic rings. The molecule has 1 aliphatic rings. The van der Waals surface area contributed by atoms with Gasteiger partial charge in [0.2, 0.25) is 0 Å². The van der Waals surface area contributed by atoms with Crippen molar-refractivity contribution in [2.45, 2.75) is 12.8 Å². The SMILES string of the molecule is O=C([O-])CCC[NH+]1CCS(=O)CC1. The summed E-state index contributed by atoms with van der Waals surface area (Å²) in [5.74, 6) is 0.557. The standard InChI is InChI=1S/C8H15NO3S/c10-8(11)2-1-3-9-4-6-13(12)7-5-9/h1-7H2,(H,10,11). The molecule has 1 N–H and O–H groups in total. The van der Waals surface area contributed by atoms with Gasteiger partial charge in [-0.1, -0.05) is 0 Å². The Hall–Kier alpha value is -0.420. The minimum atomic E-state index is -0.972. The average Bonchev–Trinajstić information content (AvgIpc) is 2.08. The molecular weight excluding hydrogens is 190 g/mol. The van der Waals surface area contributed by atoms with Gasteiger partial charge in [-0.15, -0.1) is 0 Å². The van der Waals surface area contributed by atoms with Crippen molar-refractivity contribution in [2.24, 2.45) is 0 Å². The Bertz CT molecular complexity index is 198. The van der Waals surface area contributed by atoms with Crippen LogP contribution in [0.4, 0.5) is 0 Å². The van der Waals surface area contributed by atoms with Crippen LogP contribution in [0.3, 0.4) is 0 Å². The van der Waals surface area contributed by atoms with Gasteiger partial charge in [0.25, 0.3) is 0 Å². The van der Waals surface area contributed by atoms with E-state index < -0.39 is 16.8 Å². The first kappa shape index (κ1) is 10.7. The molecule has 0 saturated carbocycles. The number of carboxylic acid groups (broad SMARTS) is 1. The minimum absolute atomic E-state index is 0.145. The fourth-order valence-corrected chi connectivity index (χ4v) is 2.71. The molecule has 4 nitrogen and oxygen atoms in total. The van der Waals surface area contributed by atoms with E-state index in [9.17, 15) is 14.1 Å². The van der Waals surface area contributed by atoms with E-state index in [0.717, 1.165) is 31.1 Å². The fraction of sp³-hybridized carbons (Fsp3) is 0.875. The number of rotatable bonds is 4. The second-order valence-electron chi connectivity index (χ2n) is 3.32. The molecule has 1 fully saturated rings. The van der Waals surface area contributed by atoms with E-state index in [1.807, 2.05) is 0 Å². The van der Waals surface area contributed by atoms with Crippen molar-refractivity contribution in [3.05, 3.63) is 0 Å². The predicted octanol–water partition coefficient (Wildman–Crippen LogP) is -2.84. The monoisotopic (exact) mass is 205 g/mol. The Kier molecular flexibility index (Phi) is 4.38. The number of aliphatic carboxylic acids is 1. The van der Waals surface area contributed by atoms with Crippen LogP contribution < -0.4 is 10.0 Å². The normalized spacial score (nSPS) is 28.6. The van der Waals surface area contributed by atoms with E-state index in [-0.39, 0.29) is 6.42 Å². The van der Waals surface area contributed by atoms with E-state index in [1.54, 1.807) is 0 Å². The maximum absolute atomic E-state index is 11.0. The summed E-state index contributed by atoms with van der Waals surface area (Å²) in [4.78, 5) is 11.5. The second kappa shape index (κ2) is 5.34. The summed E-state index contributed by atoms with van der Waals surface area (Å²) in [6.07, 6.45) is 0.816. The summed E-state index contributed by atoms with van der Waals surface area (Å²) in [5.41, 5.74) is 0. The lowest BCUT2D eigenvalue weighted by atomic mass is 10.3. The number of hydrogen-bond donors (Lipinski definition) is 1. The number of carbonyl (C=O) groups is 1. The second-order valence-corrected chi connectivity index (χ2v) is 5.02. The molecule has 1 saturated heterocycles. The lowest BCUT2D eigenvalue weighted by molar-refractivity contribution is -0.896. The number of carbonyl (C=O) groups excluding carboxylic acids is 1. The highest BCUT2D eigenvalue weighted by Gasteiger charge is 2.17. The van der Waals surface area contributed by atoms with Crippen molar-refractivity contribution < 1.29 is 19.0 Å². The highest BCUT2D eigenvalue weighted by molar-refractivity contribution is 7.85. The van der Waals surface area contributed by atoms with Gasteiger partial charge < -0.3 is 14.8 Å². The molecule has 0 unspecified atom stereocenters. The first-order chi connectivity index (χ1) is 6.18. The van der Waals surface area contributed by atoms with Gasteiger partial charge in [0, 0.05) is 23.2 Å². The zero-order valence-corrected chi connectivity index (χ0v) is 8.40. The highest BCUT2D eigenvalue weighted by atomic mass is 32.2. The van der Waals surface area contributed by atoms with E-state index in [0.29, 0.717) is 6.42 Å². The summed E-state index contributed by atoms with van der Waals surface area (Å²) in [7, 11) is -0.625. The van der Waals surface area contributed by atoms with Crippen molar-refractivity contribution in [1.29, 1.82) is 0 Å². The molecule has 0 spiro atoms. The molecule has 1 aliphatic heterocycles. The molecule has 0 atom stereocenters. The first-order valence-corrected chi connectivity index (χ1v) is 6.05. The van der Waals surface area contributed by atoms with Crippen LogP contribution in [0.15, 0.2) is 0 Å². The summed E-state index contributed by atoms with van der Waals surface area (Å²) in [6, 6.07) is 0. The van der Waals surface area contributed by atoms with Gasteiger partial charge in [0.05, 0.1) is 31.1 Å². The Labute approximate surface area is 80.4 Å². The summed E-state index contributed by atoms with van der Waals surface area (Å²) in [6.45, 7) is 2.70. The van der Waals surface area contributed by atoms with Crippen molar-refractivity contribution in [3.63, 3.8) is 0 Å². The van der Waals surface area contributed by atoms with Crippen LogP contribution in [-0.2, 0) is 15.6 Å². The molecule has 0 aromatic heterocycles. The third kappa shape index (κ3) is 4.38. The maximum Gasteiger partial charge on any atom is 0.0888 e. The molecule has 0 aromatic carbocycles. The number of quaternary nitrogens is 1. The van der Waals surface area contributed by atoms with Crippen molar-refractivity contribution >= 4 is 16.8 Å². The topological polar surface area (TPSA) is 61.6 Å². The molecule has 1 heterocycles. The lowest BCUT2D eigenvalue weighted by Gasteiger charge is -2.23. The third-order valence-electron chi connectivity index (χ3n) is 2.28. The molecule has 1 rings (SSSR count). The van der Waals surface area contributed by atoms with Crippen LogP contribution in [-0.4, -0.2) is 41.3 Å². The quantitative estimate of drug-likeness (QED) is 0.538. The average molecular weight is 205 g/mol. The van der Waals surface area contributed by atoms with E-state index in [2.05, 4.69) is 0 Å². The van der Waals surface area contributed by atoms with Gasteiger partial charge in [-0.2, -0.15) is 0 Å². The molecule has 13 heavy (non-hydrogen) atoms. The minimum Gasteiger partial charge on any atom is -0.550 e. The van der Waals surface area contributed by atoms with Crippen LogP contribution in [0.1, 0.15) is 12.8 Å². The van der Waals surface area contributed by atoms with Crippen LogP contribution >= 0.6 is 0 Å².